The minimum atomic E-state index is -0.106. The van der Waals surface area contributed by atoms with Crippen LogP contribution in [0.2, 0.25) is 0 Å². The zero-order valence-electron chi connectivity index (χ0n) is 19.3. The average Bonchev–Trinajstić information content (AvgIpc) is 3.26. The second-order valence-electron chi connectivity index (χ2n) is 8.42. The second kappa shape index (κ2) is 9.87. The largest absolute Gasteiger partial charge is 0.399 e. The van der Waals surface area contributed by atoms with Gasteiger partial charge in [0.2, 0.25) is 5.95 Å². The van der Waals surface area contributed by atoms with Crippen LogP contribution in [-0.2, 0) is 6.54 Å². The standard InChI is InChI=1S/C25H31N7O/c1-4-21(14-33)29-25-30-23(22-24(31-25)32(15-28-22)16(2)3)27-13-17-8-10-18(11-9-17)19-6-5-7-20(26)12-19/h5-12,15-16,21,33H,4,13-14,26H2,1-3H3,(H2,27,29,30,31)/t21-/m1/s1. The molecule has 33 heavy (non-hydrogen) atoms. The van der Waals surface area contributed by atoms with Crippen molar-refractivity contribution >= 4 is 28.6 Å². The lowest BCUT2D eigenvalue weighted by Crippen LogP contribution is -2.24. The van der Waals surface area contributed by atoms with Crippen molar-refractivity contribution in [1.82, 2.24) is 19.5 Å². The van der Waals surface area contributed by atoms with Gasteiger partial charge in [0.05, 0.1) is 19.0 Å². The fourth-order valence-electron chi connectivity index (χ4n) is 3.66. The second-order valence-corrected chi connectivity index (χ2v) is 8.42. The monoisotopic (exact) mass is 445 g/mol. The lowest BCUT2D eigenvalue weighted by Gasteiger charge is -2.16. The van der Waals surface area contributed by atoms with E-state index in [0.29, 0.717) is 18.3 Å². The van der Waals surface area contributed by atoms with Crippen LogP contribution in [0.4, 0.5) is 17.5 Å². The molecule has 2 aromatic heterocycles. The maximum Gasteiger partial charge on any atom is 0.227 e. The van der Waals surface area contributed by atoms with E-state index in [2.05, 4.69) is 69.8 Å². The maximum atomic E-state index is 9.59. The smallest absolute Gasteiger partial charge is 0.227 e. The fourth-order valence-corrected chi connectivity index (χ4v) is 3.66. The molecular weight excluding hydrogens is 414 g/mol. The molecular formula is C25H31N7O. The van der Waals surface area contributed by atoms with Crippen molar-refractivity contribution in [2.45, 2.75) is 45.8 Å². The fraction of sp³-hybridized carbons (Fsp3) is 0.320. The Balaban J connectivity index is 1.58. The van der Waals surface area contributed by atoms with Crippen LogP contribution in [0.25, 0.3) is 22.3 Å². The van der Waals surface area contributed by atoms with E-state index in [0.717, 1.165) is 40.0 Å². The molecule has 0 aliphatic rings. The first-order valence-corrected chi connectivity index (χ1v) is 11.3. The first-order valence-electron chi connectivity index (χ1n) is 11.3. The summed E-state index contributed by atoms with van der Waals surface area (Å²) in [6.07, 6.45) is 2.56. The van der Waals surface area contributed by atoms with Gasteiger partial charge >= 0.3 is 0 Å². The van der Waals surface area contributed by atoms with Crippen molar-refractivity contribution in [3.63, 3.8) is 0 Å². The molecule has 2 aromatic carbocycles. The summed E-state index contributed by atoms with van der Waals surface area (Å²) in [7, 11) is 0. The summed E-state index contributed by atoms with van der Waals surface area (Å²) in [6.45, 7) is 6.80. The lowest BCUT2D eigenvalue weighted by atomic mass is 10.0. The van der Waals surface area contributed by atoms with Crippen LogP contribution in [0.5, 0.6) is 0 Å². The van der Waals surface area contributed by atoms with E-state index >= 15 is 0 Å². The first-order chi connectivity index (χ1) is 16.0. The molecule has 0 radical (unpaired) electrons. The lowest BCUT2D eigenvalue weighted by molar-refractivity contribution is 0.271. The number of nitrogen functional groups attached to an aromatic ring is 1. The normalized spacial score (nSPS) is 12.3. The summed E-state index contributed by atoms with van der Waals surface area (Å²) in [4.78, 5) is 13.9. The van der Waals surface area contributed by atoms with Gasteiger partial charge in [0.15, 0.2) is 17.0 Å². The predicted molar refractivity (Wildman–Crippen MR) is 134 cm³/mol. The summed E-state index contributed by atoms with van der Waals surface area (Å²) in [5.74, 6) is 1.14. The van der Waals surface area contributed by atoms with Crippen molar-refractivity contribution in [2.24, 2.45) is 0 Å². The summed E-state index contributed by atoms with van der Waals surface area (Å²) >= 11 is 0. The molecule has 0 unspecified atom stereocenters. The zero-order chi connectivity index (χ0) is 23.4. The average molecular weight is 446 g/mol. The van der Waals surface area contributed by atoms with Crippen molar-refractivity contribution in [1.29, 1.82) is 0 Å². The van der Waals surface area contributed by atoms with Gasteiger partial charge in [-0.1, -0.05) is 43.3 Å². The van der Waals surface area contributed by atoms with Crippen molar-refractivity contribution in [3.05, 3.63) is 60.4 Å². The number of anilines is 3. The van der Waals surface area contributed by atoms with E-state index in [1.54, 1.807) is 6.33 Å². The highest BCUT2D eigenvalue weighted by atomic mass is 16.3. The summed E-state index contributed by atoms with van der Waals surface area (Å²) in [6, 6.07) is 16.3. The Morgan fingerprint density at radius 2 is 1.85 bits per heavy atom. The van der Waals surface area contributed by atoms with E-state index < -0.39 is 0 Å². The van der Waals surface area contributed by atoms with Gasteiger partial charge in [-0.3, -0.25) is 0 Å². The molecule has 8 nitrogen and oxygen atoms in total. The Morgan fingerprint density at radius 3 is 2.52 bits per heavy atom. The van der Waals surface area contributed by atoms with E-state index in [9.17, 15) is 5.11 Å². The van der Waals surface area contributed by atoms with E-state index in [4.69, 9.17) is 5.73 Å². The molecule has 0 bridgehead atoms. The molecule has 4 aromatic rings. The number of nitrogens with one attached hydrogen (secondary N) is 2. The minimum Gasteiger partial charge on any atom is -0.399 e. The number of aliphatic hydroxyl groups excluding tert-OH is 1. The number of hydrogen-bond acceptors (Lipinski definition) is 7. The van der Waals surface area contributed by atoms with Gasteiger partial charge in [0.1, 0.15) is 0 Å². The van der Waals surface area contributed by atoms with Gasteiger partial charge < -0.3 is 26.0 Å². The highest BCUT2D eigenvalue weighted by molar-refractivity contribution is 5.84. The van der Waals surface area contributed by atoms with Crippen LogP contribution in [-0.4, -0.2) is 37.3 Å². The van der Waals surface area contributed by atoms with Gasteiger partial charge in [0, 0.05) is 18.3 Å². The Bertz CT molecular complexity index is 1210. The maximum absolute atomic E-state index is 9.59. The third kappa shape index (κ3) is 5.06. The van der Waals surface area contributed by atoms with E-state index in [1.165, 1.54) is 0 Å². The SMILES string of the molecule is CC[C@H](CO)Nc1nc(NCc2ccc(-c3cccc(N)c3)cc2)c2ncn(C(C)C)c2n1. The van der Waals surface area contributed by atoms with Gasteiger partial charge in [-0.2, -0.15) is 9.97 Å². The van der Waals surface area contributed by atoms with Gasteiger partial charge in [-0.25, -0.2) is 4.98 Å². The van der Waals surface area contributed by atoms with Crippen molar-refractivity contribution in [2.75, 3.05) is 23.0 Å². The number of rotatable bonds is 9. The number of aromatic nitrogens is 4. The van der Waals surface area contributed by atoms with Crippen molar-refractivity contribution in [3.8, 4) is 11.1 Å². The van der Waals surface area contributed by atoms with Crippen molar-refractivity contribution < 1.29 is 5.11 Å². The molecule has 2 heterocycles. The molecule has 0 saturated carbocycles. The van der Waals surface area contributed by atoms with Gasteiger partial charge in [0.25, 0.3) is 0 Å². The molecule has 1 atom stereocenters. The van der Waals surface area contributed by atoms with Crippen LogP contribution in [0, 0.1) is 0 Å². The predicted octanol–water partition coefficient (Wildman–Crippen LogP) is 4.45. The minimum absolute atomic E-state index is 0.0174. The van der Waals surface area contributed by atoms with Crippen LogP contribution in [0.1, 0.15) is 38.8 Å². The van der Waals surface area contributed by atoms with Crippen LogP contribution in [0.3, 0.4) is 0 Å². The Hall–Kier alpha value is -3.65. The molecule has 8 heteroatoms. The number of benzene rings is 2. The molecule has 0 amide bonds. The molecule has 0 saturated heterocycles. The molecule has 0 fully saturated rings. The molecule has 0 aliphatic heterocycles. The highest BCUT2D eigenvalue weighted by Crippen LogP contribution is 2.25. The number of hydrogen-bond donors (Lipinski definition) is 4. The molecule has 0 aliphatic carbocycles. The number of imidazole rings is 1. The number of aliphatic hydroxyl groups is 1. The Morgan fingerprint density at radius 1 is 1.06 bits per heavy atom. The Kier molecular flexibility index (Phi) is 6.74. The number of fused-ring (bicyclic) bond motifs is 1. The van der Waals surface area contributed by atoms with Crippen LogP contribution in [0.15, 0.2) is 54.9 Å². The van der Waals surface area contributed by atoms with Gasteiger partial charge in [-0.05, 0) is 49.1 Å². The molecule has 0 spiro atoms. The quantitative estimate of drug-likeness (QED) is 0.281. The van der Waals surface area contributed by atoms with Crippen LogP contribution >= 0.6 is 0 Å². The molecule has 172 valence electrons. The zero-order valence-corrected chi connectivity index (χ0v) is 19.3. The summed E-state index contributed by atoms with van der Waals surface area (Å²) < 4.78 is 2.02. The summed E-state index contributed by atoms with van der Waals surface area (Å²) in [5.41, 5.74) is 11.5. The topological polar surface area (TPSA) is 114 Å². The Labute approximate surface area is 193 Å². The van der Waals surface area contributed by atoms with E-state index in [1.807, 2.05) is 29.7 Å². The third-order valence-corrected chi connectivity index (χ3v) is 5.66. The third-order valence-electron chi connectivity index (χ3n) is 5.66. The summed E-state index contributed by atoms with van der Waals surface area (Å²) in [5, 5.41) is 16.2. The molecule has 5 N–H and O–H groups in total. The first kappa shape index (κ1) is 22.5. The highest BCUT2D eigenvalue weighted by Gasteiger charge is 2.16. The van der Waals surface area contributed by atoms with Gasteiger partial charge in [-0.15, -0.1) is 0 Å². The number of nitrogens with zero attached hydrogens (tertiary/aromatic N) is 4. The molecule has 4 rings (SSSR count). The van der Waals surface area contributed by atoms with E-state index in [-0.39, 0.29) is 18.7 Å². The van der Waals surface area contributed by atoms with Crippen LogP contribution < -0.4 is 16.4 Å². The number of nitrogens with two attached hydrogens (primary N) is 1.